The molecule has 27 heavy (non-hydrogen) atoms. The molecule has 1 aromatic heterocycles. The second-order valence-corrected chi connectivity index (χ2v) is 9.19. The molecule has 148 valence electrons. The van der Waals surface area contributed by atoms with Crippen LogP contribution in [0, 0.1) is 5.41 Å². The van der Waals surface area contributed by atoms with Gasteiger partial charge in [0, 0.05) is 17.8 Å². The average molecular weight is 413 g/mol. The number of hydrogen-bond donors (Lipinski definition) is 3. The van der Waals surface area contributed by atoms with E-state index in [-0.39, 0.29) is 27.8 Å². The normalized spacial score (nSPS) is 19.8. The molecular weight excluding hydrogens is 388 g/mol. The molecule has 4 N–H and O–H groups in total. The molecule has 1 aromatic rings. The number of nitrogens with one attached hydrogen (secondary N) is 2. The molecule has 0 bridgehead atoms. The summed E-state index contributed by atoms with van der Waals surface area (Å²) in [6, 6.07) is 0. The van der Waals surface area contributed by atoms with Gasteiger partial charge in [-0.2, -0.15) is 0 Å². The molecular formula is C17H24N4O4S2. The molecule has 0 saturated heterocycles. The van der Waals surface area contributed by atoms with Crippen LogP contribution in [-0.2, 0) is 19.6 Å². The van der Waals surface area contributed by atoms with E-state index in [4.69, 9.17) is 5.73 Å². The van der Waals surface area contributed by atoms with Crippen LogP contribution < -0.4 is 15.8 Å². The largest absolute Gasteiger partial charge is 0.366 e. The lowest BCUT2D eigenvalue weighted by atomic mass is 9.73. The van der Waals surface area contributed by atoms with Crippen LogP contribution in [0.3, 0.4) is 0 Å². The van der Waals surface area contributed by atoms with Crippen molar-refractivity contribution < 1.29 is 18.0 Å². The van der Waals surface area contributed by atoms with Crippen molar-refractivity contribution in [2.45, 2.75) is 43.7 Å². The van der Waals surface area contributed by atoms with Gasteiger partial charge in [0.25, 0.3) is 10.0 Å². The van der Waals surface area contributed by atoms with Crippen LogP contribution in [0.25, 0.3) is 0 Å². The van der Waals surface area contributed by atoms with E-state index in [2.05, 4.69) is 15.0 Å². The van der Waals surface area contributed by atoms with Crippen molar-refractivity contribution in [3.63, 3.8) is 0 Å². The summed E-state index contributed by atoms with van der Waals surface area (Å²) < 4.78 is 27.5. The number of aromatic nitrogens is 1. The number of nitrogens with zero attached hydrogens (tertiary/aromatic N) is 1. The van der Waals surface area contributed by atoms with Crippen LogP contribution >= 0.6 is 11.3 Å². The van der Waals surface area contributed by atoms with Crippen LogP contribution in [-0.4, -0.2) is 31.8 Å². The fourth-order valence-electron chi connectivity index (χ4n) is 3.01. The van der Waals surface area contributed by atoms with Crippen LogP contribution in [0.5, 0.6) is 0 Å². The van der Waals surface area contributed by atoms with Gasteiger partial charge in [-0.1, -0.05) is 20.3 Å². The number of carbonyl (C=O) groups excluding carboxylic acids is 2. The molecule has 8 nitrogen and oxygen atoms in total. The molecule has 1 heterocycles. The Kier molecular flexibility index (Phi) is 6.77. The van der Waals surface area contributed by atoms with Crippen molar-refractivity contribution in [1.82, 2.24) is 15.0 Å². The van der Waals surface area contributed by atoms with E-state index in [0.29, 0.717) is 19.4 Å². The Balaban J connectivity index is 2.45. The van der Waals surface area contributed by atoms with Crippen LogP contribution in [0.4, 0.5) is 0 Å². The van der Waals surface area contributed by atoms with E-state index in [1.807, 2.05) is 13.8 Å². The molecule has 2 amide bonds. The van der Waals surface area contributed by atoms with Crippen LogP contribution in [0.15, 0.2) is 39.3 Å². The number of hydrogen-bond acceptors (Lipinski definition) is 6. The first-order valence-corrected chi connectivity index (χ1v) is 11.0. The number of thiazole rings is 1. The van der Waals surface area contributed by atoms with Gasteiger partial charge in [0.2, 0.25) is 11.8 Å². The van der Waals surface area contributed by atoms with Crippen LogP contribution in [0.1, 0.15) is 39.5 Å². The summed E-state index contributed by atoms with van der Waals surface area (Å²) in [5.74, 6) is -0.922. The Bertz CT molecular complexity index is 860. The zero-order chi connectivity index (χ0) is 20.1. The highest BCUT2D eigenvalue weighted by molar-refractivity contribution is 7.91. The third-order valence-corrected chi connectivity index (χ3v) is 6.85. The quantitative estimate of drug-likeness (QED) is 0.565. The van der Waals surface area contributed by atoms with E-state index < -0.39 is 21.3 Å². The van der Waals surface area contributed by atoms with E-state index in [1.54, 1.807) is 6.08 Å². The Morgan fingerprint density at radius 2 is 2.07 bits per heavy atom. The minimum Gasteiger partial charge on any atom is -0.366 e. The van der Waals surface area contributed by atoms with E-state index in [0.717, 1.165) is 17.8 Å². The molecule has 0 radical (unpaired) electrons. The van der Waals surface area contributed by atoms with Gasteiger partial charge < -0.3 is 11.1 Å². The maximum atomic E-state index is 12.9. The topological polar surface area (TPSA) is 131 Å². The molecule has 1 atom stereocenters. The summed E-state index contributed by atoms with van der Waals surface area (Å²) in [6.45, 7) is 4.36. The van der Waals surface area contributed by atoms with Gasteiger partial charge in [0.1, 0.15) is 0 Å². The molecule has 0 fully saturated rings. The standard InChI is InChI=1S/C17H24N4O4S2/c1-3-5-17(16(23)20-6-4-2)8-12(15(18)22)7-13(9-17)21-27(24,25)14-10-19-11-26-14/h7,9-11,21H,3-6,8H2,1-2H3,(H2,18,22)(H,20,23). The van der Waals surface area contributed by atoms with Gasteiger partial charge in [-0.05, 0) is 31.4 Å². The first kappa shape index (κ1) is 21.1. The predicted octanol–water partition coefficient (Wildman–Crippen LogP) is 1.43. The summed E-state index contributed by atoms with van der Waals surface area (Å²) in [5.41, 5.74) is 6.20. The highest BCUT2D eigenvalue weighted by atomic mass is 32.2. The molecule has 1 aliphatic carbocycles. The number of amides is 2. The molecule has 2 rings (SSSR count). The van der Waals surface area contributed by atoms with Crippen LogP contribution in [0.2, 0.25) is 0 Å². The van der Waals surface area contributed by atoms with E-state index >= 15 is 0 Å². The second kappa shape index (κ2) is 8.66. The van der Waals surface area contributed by atoms with Gasteiger partial charge in [0.15, 0.2) is 4.21 Å². The molecule has 0 aliphatic heterocycles. The molecule has 0 saturated carbocycles. The summed E-state index contributed by atoms with van der Waals surface area (Å²) in [4.78, 5) is 28.5. The number of allylic oxidation sites excluding steroid dienone is 1. The number of sulfonamides is 1. The zero-order valence-corrected chi connectivity index (χ0v) is 17.0. The lowest BCUT2D eigenvalue weighted by molar-refractivity contribution is -0.129. The maximum Gasteiger partial charge on any atom is 0.273 e. The Labute approximate surface area is 163 Å². The molecule has 0 aromatic carbocycles. The minimum absolute atomic E-state index is 0.0412. The molecule has 1 aliphatic rings. The highest BCUT2D eigenvalue weighted by Crippen LogP contribution is 2.38. The smallest absolute Gasteiger partial charge is 0.273 e. The van der Waals surface area contributed by atoms with Crippen molar-refractivity contribution in [3.05, 3.63) is 35.1 Å². The predicted molar refractivity (Wildman–Crippen MR) is 103 cm³/mol. The Hall–Kier alpha value is -2.20. The number of carbonyl (C=O) groups is 2. The summed E-state index contributed by atoms with van der Waals surface area (Å²) in [5, 5.41) is 2.85. The number of nitrogens with two attached hydrogens (primary N) is 1. The summed E-state index contributed by atoms with van der Waals surface area (Å²) in [7, 11) is -3.86. The van der Waals surface area contributed by atoms with E-state index in [1.165, 1.54) is 17.8 Å². The second-order valence-electron chi connectivity index (χ2n) is 6.40. The van der Waals surface area contributed by atoms with Crippen molar-refractivity contribution in [1.29, 1.82) is 0 Å². The monoisotopic (exact) mass is 412 g/mol. The Morgan fingerprint density at radius 3 is 2.63 bits per heavy atom. The minimum atomic E-state index is -3.86. The van der Waals surface area contributed by atoms with Gasteiger partial charge >= 0.3 is 0 Å². The summed E-state index contributed by atoms with van der Waals surface area (Å²) in [6.07, 6.45) is 6.26. The number of primary amides is 1. The fourth-order valence-corrected chi connectivity index (χ4v) is 4.85. The first-order chi connectivity index (χ1) is 12.7. The van der Waals surface area contributed by atoms with E-state index in [9.17, 15) is 18.0 Å². The maximum absolute atomic E-state index is 12.9. The fraction of sp³-hybridized carbons (Fsp3) is 0.471. The first-order valence-electron chi connectivity index (χ1n) is 8.67. The third kappa shape index (κ3) is 4.95. The number of rotatable bonds is 9. The van der Waals surface area contributed by atoms with Gasteiger partial charge in [0.05, 0.1) is 17.1 Å². The van der Waals surface area contributed by atoms with Gasteiger partial charge in [-0.15, -0.1) is 11.3 Å². The van der Waals surface area contributed by atoms with Crippen molar-refractivity contribution in [2.24, 2.45) is 11.1 Å². The molecule has 10 heteroatoms. The highest BCUT2D eigenvalue weighted by Gasteiger charge is 2.40. The van der Waals surface area contributed by atoms with Crippen molar-refractivity contribution >= 4 is 33.2 Å². The SMILES string of the molecule is CCCNC(=O)C1(CCC)C=C(NS(=O)(=O)c2cncs2)C=C(C(N)=O)C1. The lowest BCUT2D eigenvalue weighted by Gasteiger charge is -2.33. The molecule has 1 unspecified atom stereocenters. The van der Waals surface area contributed by atoms with Crippen molar-refractivity contribution in [3.8, 4) is 0 Å². The van der Waals surface area contributed by atoms with Gasteiger partial charge in [-0.3, -0.25) is 19.3 Å². The lowest BCUT2D eigenvalue weighted by Crippen LogP contribution is -2.43. The average Bonchev–Trinajstić information content (AvgIpc) is 3.14. The zero-order valence-electron chi connectivity index (χ0n) is 15.3. The Morgan fingerprint density at radius 1 is 1.33 bits per heavy atom. The third-order valence-electron chi connectivity index (χ3n) is 4.19. The van der Waals surface area contributed by atoms with Gasteiger partial charge in [-0.25, -0.2) is 8.42 Å². The van der Waals surface area contributed by atoms with Crippen molar-refractivity contribution in [2.75, 3.05) is 6.54 Å². The molecule has 0 spiro atoms. The summed E-state index contributed by atoms with van der Waals surface area (Å²) >= 11 is 0.973.